The van der Waals surface area contributed by atoms with Crippen molar-refractivity contribution in [2.75, 3.05) is 17.7 Å². The van der Waals surface area contributed by atoms with Crippen LogP contribution >= 0.6 is 46.3 Å². The molecule has 0 saturated heterocycles. The van der Waals surface area contributed by atoms with E-state index in [1.807, 2.05) is 47.2 Å². The van der Waals surface area contributed by atoms with Crippen molar-refractivity contribution in [1.82, 2.24) is 14.8 Å². The first-order valence-electron chi connectivity index (χ1n) is 12.2. The van der Waals surface area contributed by atoms with Gasteiger partial charge in [0.1, 0.15) is 16.3 Å². The van der Waals surface area contributed by atoms with E-state index < -0.39 is 12.1 Å². The first-order valence-corrected chi connectivity index (χ1v) is 14.9. The van der Waals surface area contributed by atoms with Gasteiger partial charge in [-0.1, -0.05) is 71.4 Å². The van der Waals surface area contributed by atoms with Gasteiger partial charge in [0.2, 0.25) is 5.91 Å². The lowest BCUT2D eigenvalue weighted by Gasteiger charge is -2.16. The quantitative estimate of drug-likeness (QED) is 0.0997. The van der Waals surface area contributed by atoms with Crippen molar-refractivity contribution in [3.05, 3.63) is 88.0 Å². The van der Waals surface area contributed by atoms with E-state index in [2.05, 4.69) is 22.1 Å². The predicted molar refractivity (Wildman–Crippen MR) is 161 cm³/mol. The average molecular weight is 618 g/mol. The molecule has 40 heavy (non-hydrogen) atoms. The van der Waals surface area contributed by atoms with E-state index in [0.717, 1.165) is 5.56 Å². The van der Waals surface area contributed by atoms with Gasteiger partial charge in [0.05, 0.1) is 17.4 Å². The summed E-state index contributed by atoms with van der Waals surface area (Å²) in [6.45, 7) is 8.02. The molecule has 0 spiro atoms. The third-order valence-corrected chi connectivity index (χ3v) is 7.95. The summed E-state index contributed by atoms with van der Waals surface area (Å²) in [6, 6.07) is 14.5. The fourth-order valence-corrected chi connectivity index (χ4v) is 5.98. The minimum Gasteiger partial charge on any atom is -0.481 e. The van der Waals surface area contributed by atoms with E-state index in [0.29, 0.717) is 49.4 Å². The molecule has 0 fully saturated rings. The highest BCUT2D eigenvalue weighted by atomic mass is 35.5. The zero-order valence-electron chi connectivity index (χ0n) is 21.7. The largest absolute Gasteiger partial charge is 0.481 e. The third-order valence-electron chi connectivity index (χ3n) is 5.56. The van der Waals surface area contributed by atoms with Crippen LogP contribution in [0.3, 0.4) is 0 Å². The number of halogens is 2. The molecule has 208 valence electrons. The van der Waals surface area contributed by atoms with Crippen molar-refractivity contribution in [2.45, 2.75) is 31.7 Å². The van der Waals surface area contributed by atoms with Gasteiger partial charge in [0.25, 0.3) is 0 Å². The highest BCUT2D eigenvalue weighted by Gasteiger charge is 2.24. The van der Waals surface area contributed by atoms with Crippen molar-refractivity contribution in [3.8, 4) is 16.9 Å². The number of thiophene rings is 1. The molecule has 8 nitrogen and oxygen atoms in total. The second kappa shape index (κ2) is 13.8. The molecular formula is C28H26Cl2N4O4S2. The average Bonchev–Trinajstić information content (AvgIpc) is 3.54. The Morgan fingerprint density at radius 3 is 2.67 bits per heavy atom. The van der Waals surface area contributed by atoms with E-state index in [-0.39, 0.29) is 18.3 Å². The maximum absolute atomic E-state index is 13.0. The molecule has 2 aromatic carbocycles. The summed E-state index contributed by atoms with van der Waals surface area (Å²) in [7, 11) is 0. The first-order chi connectivity index (χ1) is 19.3. The first kappa shape index (κ1) is 29.7. The smallest absolute Gasteiger partial charge is 0.341 e. The molecule has 0 bridgehead atoms. The Morgan fingerprint density at radius 1 is 1.20 bits per heavy atom. The van der Waals surface area contributed by atoms with Crippen molar-refractivity contribution < 1.29 is 19.1 Å². The van der Waals surface area contributed by atoms with Gasteiger partial charge in [0.15, 0.2) is 17.1 Å². The Balaban J connectivity index is 1.48. The maximum atomic E-state index is 13.0. The van der Waals surface area contributed by atoms with E-state index >= 15 is 0 Å². The molecule has 0 saturated carbocycles. The van der Waals surface area contributed by atoms with Gasteiger partial charge in [-0.05, 0) is 37.6 Å². The molecule has 4 rings (SSSR count). The van der Waals surface area contributed by atoms with E-state index in [1.54, 1.807) is 31.2 Å². The lowest BCUT2D eigenvalue weighted by atomic mass is 10.0. The maximum Gasteiger partial charge on any atom is 0.341 e. The highest BCUT2D eigenvalue weighted by molar-refractivity contribution is 7.99. The summed E-state index contributed by atoms with van der Waals surface area (Å²) in [5.74, 6) is 0.251. The summed E-state index contributed by atoms with van der Waals surface area (Å²) >= 11 is 14.7. The monoisotopic (exact) mass is 616 g/mol. The number of carbonyl (C=O) groups excluding carboxylic acids is 2. The van der Waals surface area contributed by atoms with Crippen molar-refractivity contribution in [2.24, 2.45) is 0 Å². The second-order valence-corrected chi connectivity index (χ2v) is 11.0. The molecule has 2 heterocycles. The minimum absolute atomic E-state index is 0.0361. The molecule has 0 aliphatic heterocycles. The van der Waals surface area contributed by atoms with Gasteiger partial charge in [-0.3, -0.25) is 9.36 Å². The molecule has 1 N–H and O–H groups in total. The molecular weight excluding hydrogens is 591 g/mol. The number of nitrogens with zero attached hydrogens (tertiary/aromatic N) is 3. The van der Waals surface area contributed by atoms with Crippen LogP contribution in [0.15, 0.2) is 71.7 Å². The van der Waals surface area contributed by atoms with Gasteiger partial charge in [-0.25, -0.2) is 4.79 Å². The summed E-state index contributed by atoms with van der Waals surface area (Å²) < 4.78 is 13.1. The lowest BCUT2D eigenvalue weighted by molar-refractivity contribution is -0.113. The molecule has 2 aromatic heterocycles. The predicted octanol–water partition coefficient (Wildman–Crippen LogP) is 7.55. The van der Waals surface area contributed by atoms with Crippen LogP contribution in [0.4, 0.5) is 5.00 Å². The molecule has 4 aromatic rings. The molecule has 0 radical (unpaired) electrons. The van der Waals surface area contributed by atoms with Gasteiger partial charge >= 0.3 is 5.97 Å². The van der Waals surface area contributed by atoms with Crippen LogP contribution in [0.2, 0.25) is 10.0 Å². The fraction of sp³-hybridized carbons (Fsp3) is 0.214. The number of nitrogens with one attached hydrogen (secondary N) is 1. The molecule has 12 heteroatoms. The number of amides is 1. The number of allylic oxidation sites excluding steroid dienone is 1. The van der Waals surface area contributed by atoms with Crippen LogP contribution in [0.1, 0.15) is 36.1 Å². The topological polar surface area (TPSA) is 95.3 Å². The van der Waals surface area contributed by atoms with Crippen molar-refractivity contribution >= 4 is 63.2 Å². The number of aromatic nitrogens is 3. The van der Waals surface area contributed by atoms with Crippen LogP contribution in [-0.2, 0) is 16.1 Å². The van der Waals surface area contributed by atoms with Gasteiger partial charge in [-0.2, -0.15) is 0 Å². The molecule has 1 amide bonds. The number of anilines is 1. The summed E-state index contributed by atoms with van der Waals surface area (Å²) in [5, 5.41) is 15.1. The van der Waals surface area contributed by atoms with Gasteiger partial charge in [-0.15, -0.1) is 28.1 Å². The van der Waals surface area contributed by atoms with Gasteiger partial charge < -0.3 is 14.8 Å². The van der Waals surface area contributed by atoms with Crippen LogP contribution in [0.5, 0.6) is 5.75 Å². The number of thioether (sulfide) groups is 1. The minimum atomic E-state index is -0.496. The number of rotatable bonds is 12. The second-order valence-electron chi connectivity index (χ2n) is 8.35. The fourth-order valence-electron chi connectivity index (χ4n) is 3.80. The Labute approximate surface area is 250 Å². The molecule has 0 aliphatic carbocycles. The molecule has 1 atom stereocenters. The standard InChI is InChI=1S/C28H26Cl2N4O4S2/c1-4-13-34-25(17(3)38-22-12-11-19(29)14-21(22)30)32-33-28(34)40-16-23(35)31-26-24(27(36)37-5-2)20(15-39-26)18-9-7-6-8-10-18/h4,6-12,14-15,17H,1,5,13,16H2,2-3H3,(H,31,35). The lowest BCUT2D eigenvalue weighted by Crippen LogP contribution is -2.17. The van der Waals surface area contributed by atoms with Crippen LogP contribution < -0.4 is 10.1 Å². The summed E-state index contributed by atoms with van der Waals surface area (Å²) in [5.41, 5.74) is 1.90. The number of esters is 1. The number of carbonyl (C=O) groups is 2. The SMILES string of the molecule is C=CCn1c(SCC(=O)Nc2scc(-c3ccccc3)c2C(=O)OCC)nnc1C(C)Oc1ccc(Cl)cc1Cl. The summed E-state index contributed by atoms with van der Waals surface area (Å²) in [6.07, 6.45) is 1.21. The van der Waals surface area contributed by atoms with Crippen LogP contribution in [0.25, 0.3) is 11.1 Å². The van der Waals surface area contributed by atoms with Crippen molar-refractivity contribution in [1.29, 1.82) is 0 Å². The molecule has 1 unspecified atom stereocenters. The number of ether oxygens (including phenoxy) is 2. The summed E-state index contributed by atoms with van der Waals surface area (Å²) in [4.78, 5) is 25.8. The third kappa shape index (κ3) is 7.06. The Bertz CT molecular complexity index is 1510. The highest BCUT2D eigenvalue weighted by Crippen LogP contribution is 2.36. The Kier molecular flexibility index (Phi) is 10.3. The number of hydrogen-bond donors (Lipinski definition) is 1. The Morgan fingerprint density at radius 2 is 1.98 bits per heavy atom. The van der Waals surface area contributed by atoms with Crippen molar-refractivity contribution in [3.63, 3.8) is 0 Å². The van der Waals surface area contributed by atoms with E-state index in [9.17, 15) is 9.59 Å². The van der Waals surface area contributed by atoms with Crippen LogP contribution in [0, 0.1) is 0 Å². The zero-order chi connectivity index (χ0) is 28.6. The van der Waals surface area contributed by atoms with E-state index in [4.69, 9.17) is 32.7 Å². The zero-order valence-corrected chi connectivity index (χ0v) is 24.9. The Hall–Kier alpha value is -3.31. The van der Waals surface area contributed by atoms with E-state index in [1.165, 1.54) is 23.1 Å². The number of hydrogen-bond acceptors (Lipinski definition) is 8. The molecule has 0 aliphatic rings. The normalized spacial score (nSPS) is 11.6. The van der Waals surface area contributed by atoms with Gasteiger partial charge in [0, 0.05) is 22.5 Å². The van der Waals surface area contributed by atoms with Crippen LogP contribution in [-0.4, -0.2) is 39.0 Å². The number of benzene rings is 2.